The minimum Gasteiger partial charge on any atom is -0.444 e. The molecule has 0 aliphatic carbocycles. The summed E-state index contributed by atoms with van der Waals surface area (Å²) in [7, 11) is 0. The van der Waals surface area contributed by atoms with Crippen LogP contribution in [0.2, 0.25) is 5.02 Å². The van der Waals surface area contributed by atoms with Gasteiger partial charge in [0.05, 0.1) is 6.04 Å². The number of rotatable bonds is 5. The van der Waals surface area contributed by atoms with E-state index in [4.69, 9.17) is 21.1 Å². The fraction of sp³-hybridized carbons (Fsp3) is 0.370. The summed E-state index contributed by atoms with van der Waals surface area (Å²) in [5.41, 5.74) is 3.12. The Labute approximate surface area is 214 Å². The van der Waals surface area contributed by atoms with Crippen LogP contribution >= 0.6 is 11.6 Å². The number of ether oxygens (including phenoxy) is 2. The molecule has 1 atom stereocenters. The zero-order chi connectivity index (χ0) is 26.0. The molecule has 1 aromatic heterocycles. The van der Waals surface area contributed by atoms with Gasteiger partial charge in [-0.2, -0.15) is 0 Å². The third kappa shape index (κ3) is 5.82. The van der Waals surface area contributed by atoms with E-state index in [1.54, 1.807) is 43.9 Å². The molecule has 0 saturated heterocycles. The second-order valence-electron chi connectivity index (χ2n) is 9.79. The Morgan fingerprint density at radius 2 is 1.94 bits per heavy atom. The summed E-state index contributed by atoms with van der Waals surface area (Å²) in [5.74, 6) is -0.126. The summed E-state index contributed by atoms with van der Waals surface area (Å²) in [6.07, 6.45) is 0.205. The molecule has 8 nitrogen and oxygen atoms in total. The fourth-order valence-electron chi connectivity index (χ4n) is 4.52. The molecule has 1 aliphatic rings. The van der Waals surface area contributed by atoms with Gasteiger partial charge in [0.1, 0.15) is 11.4 Å². The van der Waals surface area contributed by atoms with Crippen molar-refractivity contribution < 1.29 is 23.9 Å². The number of benzene rings is 2. The van der Waals surface area contributed by atoms with Crippen molar-refractivity contribution in [1.29, 1.82) is 0 Å². The number of hydrogen-bond acceptors (Lipinski definition) is 5. The van der Waals surface area contributed by atoms with Crippen LogP contribution in [0.25, 0.3) is 10.9 Å². The number of H-pyrrole nitrogens is 1. The van der Waals surface area contributed by atoms with Crippen LogP contribution in [0.5, 0.6) is 5.75 Å². The minimum atomic E-state index is -0.617. The lowest BCUT2D eigenvalue weighted by Gasteiger charge is -2.36. The van der Waals surface area contributed by atoms with Gasteiger partial charge in [0.2, 0.25) is 5.91 Å². The highest BCUT2D eigenvalue weighted by atomic mass is 35.5. The van der Waals surface area contributed by atoms with Crippen molar-refractivity contribution in [3.63, 3.8) is 0 Å². The van der Waals surface area contributed by atoms with Gasteiger partial charge in [0, 0.05) is 48.1 Å². The number of alkyl carbamates (subject to hydrolysis) is 1. The molecule has 2 N–H and O–H groups in total. The first-order valence-corrected chi connectivity index (χ1v) is 12.2. The van der Waals surface area contributed by atoms with Crippen molar-refractivity contribution in [3.05, 3.63) is 64.3 Å². The van der Waals surface area contributed by atoms with Gasteiger partial charge >= 0.3 is 12.1 Å². The normalized spacial score (nSPS) is 15.4. The first-order valence-electron chi connectivity index (χ1n) is 11.9. The molecule has 0 fully saturated rings. The summed E-state index contributed by atoms with van der Waals surface area (Å²) in [5, 5.41) is 4.32. The van der Waals surface area contributed by atoms with Crippen molar-refractivity contribution in [1.82, 2.24) is 15.2 Å². The Bertz CT molecular complexity index is 1310. The topological polar surface area (TPSA) is 101 Å². The monoisotopic (exact) mass is 511 g/mol. The van der Waals surface area contributed by atoms with E-state index in [1.165, 1.54) is 6.92 Å². The average Bonchev–Trinajstić information content (AvgIpc) is 3.14. The van der Waals surface area contributed by atoms with E-state index < -0.39 is 23.7 Å². The van der Waals surface area contributed by atoms with Crippen LogP contribution in [-0.2, 0) is 20.7 Å². The summed E-state index contributed by atoms with van der Waals surface area (Å²) < 4.78 is 10.6. The SMILES string of the molecule is CC(=O)Oc1cccc(C2c3[nH]c4ccc(Cl)cc4c3CCN2C(=O)CCNC(=O)OC(C)(C)C)c1. The van der Waals surface area contributed by atoms with Gasteiger partial charge in [-0.25, -0.2) is 4.79 Å². The summed E-state index contributed by atoms with van der Waals surface area (Å²) in [6.45, 7) is 7.33. The first-order chi connectivity index (χ1) is 17.0. The summed E-state index contributed by atoms with van der Waals surface area (Å²) in [6, 6.07) is 12.5. The Balaban J connectivity index is 1.64. The number of carbonyl (C=O) groups is 3. The van der Waals surface area contributed by atoms with E-state index in [0.29, 0.717) is 23.7 Å². The molecule has 2 aromatic carbocycles. The second kappa shape index (κ2) is 10.2. The average molecular weight is 512 g/mol. The molecule has 3 aromatic rings. The van der Waals surface area contributed by atoms with Crippen LogP contribution in [0.1, 0.15) is 57.0 Å². The fourth-order valence-corrected chi connectivity index (χ4v) is 4.69. The van der Waals surface area contributed by atoms with Gasteiger partial charge in [-0.1, -0.05) is 23.7 Å². The highest BCUT2D eigenvalue weighted by molar-refractivity contribution is 6.31. The Morgan fingerprint density at radius 3 is 2.67 bits per heavy atom. The first kappa shape index (κ1) is 25.6. The predicted octanol–water partition coefficient (Wildman–Crippen LogP) is 5.14. The van der Waals surface area contributed by atoms with Gasteiger partial charge < -0.3 is 24.7 Å². The lowest BCUT2D eigenvalue weighted by molar-refractivity contribution is -0.133. The quantitative estimate of drug-likeness (QED) is 0.365. The third-order valence-corrected chi connectivity index (χ3v) is 6.09. The van der Waals surface area contributed by atoms with Gasteiger partial charge in [0.15, 0.2) is 0 Å². The maximum atomic E-state index is 13.4. The third-order valence-electron chi connectivity index (χ3n) is 5.85. The highest BCUT2D eigenvalue weighted by Crippen LogP contribution is 2.40. The van der Waals surface area contributed by atoms with E-state index >= 15 is 0 Å². The van der Waals surface area contributed by atoms with Gasteiger partial charge in [-0.15, -0.1) is 0 Å². The smallest absolute Gasteiger partial charge is 0.407 e. The minimum absolute atomic E-state index is 0.112. The van der Waals surface area contributed by atoms with Crippen molar-refractivity contribution >= 4 is 40.5 Å². The molecule has 0 radical (unpaired) electrons. The summed E-state index contributed by atoms with van der Waals surface area (Å²) in [4.78, 5) is 42.2. The Hall–Kier alpha value is -3.52. The second-order valence-corrected chi connectivity index (χ2v) is 10.2. The molecule has 1 aliphatic heterocycles. The molecule has 9 heteroatoms. The van der Waals surface area contributed by atoms with Gasteiger partial charge in [-0.05, 0) is 68.7 Å². The molecular weight excluding hydrogens is 482 g/mol. The number of esters is 1. The standard InChI is InChI=1S/C27H30ClN3O5/c1-16(32)35-19-7-5-6-17(14-19)25-24-20(21-15-18(28)8-9-22(21)30-24)11-13-31(25)23(33)10-12-29-26(34)36-27(2,3)4/h5-9,14-15,25,30H,10-13H2,1-4H3,(H,29,34). The van der Waals surface area contributed by atoms with E-state index in [2.05, 4.69) is 10.3 Å². The maximum Gasteiger partial charge on any atom is 0.407 e. The van der Waals surface area contributed by atoms with Crippen molar-refractivity contribution in [2.45, 2.75) is 52.2 Å². The van der Waals surface area contributed by atoms with Crippen LogP contribution in [0.3, 0.4) is 0 Å². The molecule has 190 valence electrons. The molecule has 0 saturated carbocycles. The molecule has 2 heterocycles. The number of fused-ring (bicyclic) bond motifs is 3. The highest BCUT2D eigenvalue weighted by Gasteiger charge is 2.34. The molecule has 0 bridgehead atoms. The van der Waals surface area contributed by atoms with E-state index in [-0.39, 0.29) is 18.9 Å². The van der Waals surface area contributed by atoms with Crippen LogP contribution in [0, 0.1) is 0 Å². The zero-order valence-corrected chi connectivity index (χ0v) is 21.6. The number of halogens is 1. The van der Waals surface area contributed by atoms with E-state index in [1.807, 2.05) is 24.3 Å². The Morgan fingerprint density at radius 1 is 1.17 bits per heavy atom. The predicted molar refractivity (Wildman–Crippen MR) is 137 cm³/mol. The molecule has 0 spiro atoms. The lowest BCUT2D eigenvalue weighted by Crippen LogP contribution is -2.42. The molecule has 1 unspecified atom stereocenters. The molecule has 2 amide bonds. The van der Waals surface area contributed by atoms with Crippen molar-refractivity contribution in [2.75, 3.05) is 13.1 Å². The van der Waals surface area contributed by atoms with Gasteiger partial charge in [-0.3, -0.25) is 9.59 Å². The molecule has 36 heavy (non-hydrogen) atoms. The van der Waals surface area contributed by atoms with Crippen molar-refractivity contribution in [3.8, 4) is 5.75 Å². The van der Waals surface area contributed by atoms with Crippen LogP contribution in [0.15, 0.2) is 42.5 Å². The van der Waals surface area contributed by atoms with E-state index in [9.17, 15) is 14.4 Å². The number of hydrogen-bond donors (Lipinski definition) is 2. The number of carbonyl (C=O) groups excluding carboxylic acids is 3. The number of aromatic amines is 1. The van der Waals surface area contributed by atoms with Crippen molar-refractivity contribution in [2.24, 2.45) is 0 Å². The Kier molecular flexibility index (Phi) is 7.26. The van der Waals surface area contributed by atoms with Crippen LogP contribution < -0.4 is 10.1 Å². The molecule has 4 rings (SSSR count). The van der Waals surface area contributed by atoms with Crippen LogP contribution in [-0.4, -0.2) is 46.5 Å². The summed E-state index contributed by atoms with van der Waals surface area (Å²) >= 11 is 6.27. The number of amides is 2. The largest absolute Gasteiger partial charge is 0.444 e. The molecular formula is C27H30ClN3O5. The zero-order valence-electron chi connectivity index (χ0n) is 20.8. The maximum absolute atomic E-state index is 13.4. The van der Waals surface area contributed by atoms with Gasteiger partial charge in [0.25, 0.3) is 0 Å². The van der Waals surface area contributed by atoms with E-state index in [0.717, 1.165) is 27.7 Å². The van der Waals surface area contributed by atoms with Crippen LogP contribution in [0.4, 0.5) is 4.79 Å². The number of nitrogens with zero attached hydrogens (tertiary/aromatic N) is 1. The lowest BCUT2D eigenvalue weighted by atomic mass is 9.92. The number of nitrogens with one attached hydrogen (secondary N) is 2. The number of aromatic nitrogens is 1.